The van der Waals surface area contributed by atoms with Gasteiger partial charge in [-0.1, -0.05) is 37.3 Å². The van der Waals surface area contributed by atoms with Gasteiger partial charge in [0, 0.05) is 12.6 Å². The number of anilines is 1. The highest BCUT2D eigenvalue weighted by molar-refractivity contribution is 5.98. The van der Waals surface area contributed by atoms with Crippen LogP contribution in [0.2, 0.25) is 0 Å². The molecule has 6 heteroatoms. The minimum absolute atomic E-state index is 0.0926. The molecule has 2 aromatic rings. The van der Waals surface area contributed by atoms with Crippen LogP contribution in [0.1, 0.15) is 47.8 Å². The van der Waals surface area contributed by atoms with Crippen LogP contribution in [0.4, 0.5) is 5.95 Å². The molecular weight excluding hydrogens is 364 g/mol. The monoisotopic (exact) mass is 392 g/mol. The minimum atomic E-state index is -0.0957. The quantitative estimate of drug-likeness (QED) is 0.846. The molecule has 6 nitrogen and oxygen atoms in total. The molecule has 1 amide bonds. The second kappa shape index (κ2) is 8.82. The number of fused-ring (bicyclic) bond motifs is 1. The fraction of sp³-hybridized carbons (Fsp3) is 0.478. The zero-order valence-corrected chi connectivity index (χ0v) is 16.9. The molecule has 0 unspecified atom stereocenters. The van der Waals surface area contributed by atoms with Gasteiger partial charge in [-0.15, -0.1) is 0 Å². The molecule has 2 heterocycles. The number of hydrogen-bond acceptors (Lipinski definition) is 5. The third kappa shape index (κ3) is 5.07. The zero-order chi connectivity index (χ0) is 20.2. The Labute approximate surface area is 171 Å². The Morgan fingerprint density at radius 2 is 1.93 bits per heavy atom. The Morgan fingerprint density at radius 1 is 1.17 bits per heavy atom. The molecule has 0 saturated carbocycles. The van der Waals surface area contributed by atoms with Crippen LogP contribution < -0.4 is 5.32 Å². The van der Waals surface area contributed by atoms with Crippen molar-refractivity contribution in [2.75, 3.05) is 25.0 Å². The van der Waals surface area contributed by atoms with E-state index in [9.17, 15) is 9.59 Å². The summed E-state index contributed by atoms with van der Waals surface area (Å²) >= 11 is 0. The van der Waals surface area contributed by atoms with E-state index in [4.69, 9.17) is 0 Å². The average molecular weight is 393 g/mol. The molecule has 1 aliphatic carbocycles. The van der Waals surface area contributed by atoms with E-state index in [1.54, 1.807) is 6.20 Å². The molecule has 2 aliphatic rings. The van der Waals surface area contributed by atoms with E-state index in [1.807, 2.05) is 6.92 Å². The highest BCUT2D eigenvalue weighted by Gasteiger charge is 2.25. The van der Waals surface area contributed by atoms with Gasteiger partial charge in [-0.3, -0.25) is 19.8 Å². The first-order valence-electron chi connectivity index (χ1n) is 10.5. The molecule has 1 aromatic carbocycles. The summed E-state index contributed by atoms with van der Waals surface area (Å²) in [5.74, 6) is 1.26. The largest absolute Gasteiger partial charge is 0.294 e. The van der Waals surface area contributed by atoms with Crippen molar-refractivity contribution in [3.05, 3.63) is 53.3 Å². The van der Waals surface area contributed by atoms with Gasteiger partial charge in [-0.2, -0.15) is 0 Å². The van der Waals surface area contributed by atoms with Crippen LogP contribution in [-0.4, -0.2) is 46.2 Å². The lowest BCUT2D eigenvalue weighted by Crippen LogP contribution is -2.39. The fourth-order valence-corrected chi connectivity index (χ4v) is 4.36. The Kier molecular flexibility index (Phi) is 6.00. The van der Waals surface area contributed by atoms with Crippen LogP contribution in [0.15, 0.2) is 36.5 Å². The van der Waals surface area contributed by atoms with E-state index in [1.165, 1.54) is 5.56 Å². The SMILES string of the molecule is C[C@@H]1CC(=O)c2cnc(NC(=O)CN3CCC(Cc4ccccc4)CC3)nc2C1. The van der Waals surface area contributed by atoms with Crippen molar-refractivity contribution >= 4 is 17.6 Å². The van der Waals surface area contributed by atoms with Crippen molar-refractivity contribution in [2.24, 2.45) is 11.8 Å². The third-order valence-electron chi connectivity index (χ3n) is 5.94. The van der Waals surface area contributed by atoms with Gasteiger partial charge in [-0.25, -0.2) is 9.97 Å². The molecule has 1 N–H and O–H groups in total. The molecule has 1 saturated heterocycles. The number of nitrogens with one attached hydrogen (secondary N) is 1. The standard InChI is InChI=1S/C23H28N4O2/c1-16-11-20-19(21(28)12-16)14-24-23(25-20)26-22(29)15-27-9-7-18(8-10-27)13-17-5-3-2-4-6-17/h2-6,14,16,18H,7-13,15H2,1H3,(H,24,25,26,29)/t16-/m0/s1. The number of Topliss-reactive ketones (excluding diaryl/α,β-unsaturated/α-hetero) is 1. The lowest BCUT2D eigenvalue weighted by molar-refractivity contribution is -0.117. The van der Waals surface area contributed by atoms with E-state index < -0.39 is 0 Å². The fourth-order valence-electron chi connectivity index (χ4n) is 4.36. The van der Waals surface area contributed by atoms with Crippen LogP contribution in [0.25, 0.3) is 0 Å². The number of hydrogen-bond donors (Lipinski definition) is 1. The lowest BCUT2D eigenvalue weighted by Gasteiger charge is -2.31. The van der Waals surface area contributed by atoms with E-state index in [0.717, 1.165) is 44.5 Å². The number of piperidine rings is 1. The van der Waals surface area contributed by atoms with E-state index in [-0.39, 0.29) is 17.6 Å². The molecule has 1 atom stereocenters. The van der Waals surface area contributed by atoms with Gasteiger partial charge in [0.25, 0.3) is 0 Å². The Bertz CT molecular complexity index is 876. The number of amides is 1. The predicted octanol–water partition coefficient (Wildman–Crippen LogP) is 3.13. The first-order valence-corrected chi connectivity index (χ1v) is 10.5. The number of carbonyl (C=O) groups is 2. The number of likely N-dealkylation sites (tertiary alicyclic amines) is 1. The number of benzene rings is 1. The molecule has 4 rings (SSSR count). The number of rotatable bonds is 5. The minimum Gasteiger partial charge on any atom is -0.294 e. The first-order chi connectivity index (χ1) is 14.1. The van der Waals surface area contributed by atoms with Crippen molar-refractivity contribution < 1.29 is 9.59 Å². The second-order valence-electron chi connectivity index (χ2n) is 8.45. The summed E-state index contributed by atoms with van der Waals surface area (Å²) < 4.78 is 0. The predicted molar refractivity (Wildman–Crippen MR) is 112 cm³/mol. The van der Waals surface area contributed by atoms with Crippen LogP contribution in [0.3, 0.4) is 0 Å². The summed E-state index contributed by atoms with van der Waals surface area (Å²) in [6, 6.07) is 10.6. The van der Waals surface area contributed by atoms with Gasteiger partial charge < -0.3 is 0 Å². The molecule has 1 aromatic heterocycles. The molecule has 0 bridgehead atoms. The molecule has 0 spiro atoms. The van der Waals surface area contributed by atoms with Crippen LogP contribution in [0.5, 0.6) is 0 Å². The molecule has 0 radical (unpaired) electrons. The van der Waals surface area contributed by atoms with Gasteiger partial charge in [0.2, 0.25) is 11.9 Å². The van der Waals surface area contributed by atoms with E-state index in [2.05, 4.69) is 50.5 Å². The second-order valence-corrected chi connectivity index (χ2v) is 8.45. The van der Waals surface area contributed by atoms with E-state index in [0.29, 0.717) is 30.4 Å². The summed E-state index contributed by atoms with van der Waals surface area (Å²) in [5, 5.41) is 2.81. The number of carbonyl (C=O) groups excluding carboxylic acids is 2. The van der Waals surface area contributed by atoms with Crippen LogP contribution in [0, 0.1) is 11.8 Å². The average Bonchev–Trinajstić information content (AvgIpc) is 2.70. The van der Waals surface area contributed by atoms with Gasteiger partial charge in [-0.05, 0) is 56.2 Å². The first kappa shape index (κ1) is 19.7. The summed E-state index contributed by atoms with van der Waals surface area (Å²) in [5.41, 5.74) is 2.74. The van der Waals surface area contributed by atoms with Crippen molar-refractivity contribution in [2.45, 2.75) is 39.0 Å². The third-order valence-corrected chi connectivity index (χ3v) is 5.94. The van der Waals surface area contributed by atoms with Crippen molar-refractivity contribution in [3.63, 3.8) is 0 Å². The van der Waals surface area contributed by atoms with Gasteiger partial charge >= 0.3 is 0 Å². The molecule has 29 heavy (non-hydrogen) atoms. The number of nitrogens with zero attached hydrogens (tertiary/aromatic N) is 3. The van der Waals surface area contributed by atoms with Gasteiger partial charge in [0.1, 0.15) is 0 Å². The number of aromatic nitrogens is 2. The summed E-state index contributed by atoms with van der Waals surface area (Å²) in [7, 11) is 0. The Morgan fingerprint density at radius 3 is 2.69 bits per heavy atom. The Balaban J connectivity index is 1.26. The summed E-state index contributed by atoms with van der Waals surface area (Å²) in [6.45, 7) is 4.26. The van der Waals surface area contributed by atoms with Crippen LogP contribution in [-0.2, 0) is 17.6 Å². The topological polar surface area (TPSA) is 75.2 Å². The highest BCUT2D eigenvalue weighted by Crippen LogP contribution is 2.24. The summed E-state index contributed by atoms with van der Waals surface area (Å²) in [6.07, 6.45) is 6.18. The molecular formula is C23H28N4O2. The smallest absolute Gasteiger partial charge is 0.240 e. The number of ketones is 1. The maximum atomic E-state index is 12.5. The maximum absolute atomic E-state index is 12.5. The van der Waals surface area contributed by atoms with Crippen LogP contribution >= 0.6 is 0 Å². The van der Waals surface area contributed by atoms with E-state index >= 15 is 0 Å². The van der Waals surface area contributed by atoms with Crippen molar-refractivity contribution in [3.8, 4) is 0 Å². The van der Waals surface area contributed by atoms with Crippen molar-refractivity contribution in [1.82, 2.24) is 14.9 Å². The lowest BCUT2D eigenvalue weighted by atomic mass is 9.88. The summed E-state index contributed by atoms with van der Waals surface area (Å²) in [4.78, 5) is 35.3. The maximum Gasteiger partial charge on any atom is 0.240 e. The van der Waals surface area contributed by atoms with Crippen molar-refractivity contribution in [1.29, 1.82) is 0 Å². The zero-order valence-electron chi connectivity index (χ0n) is 16.9. The molecule has 152 valence electrons. The highest BCUT2D eigenvalue weighted by atomic mass is 16.2. The Hall–Kier alpha value is -2.60. The molecule has 1 aliphatic heterocycles. The van der Waals surface area contributed by atoms with Gasteiger partial charge in [0.15, 0.2) is 5.78 Å². The molecule has 1 fully saturated rings. The van der Waals surface area contributed by atoms with Gasteiger partial charge in [0.05, 0.1) is 17.8 Å². The normalized spacial score (nSPS) is 20.3.